The Kier molecular flexibility index (Phi) is 6.54. The van der Waals surface area contributed by atoms with E-state index in [1.807, 2.05) is 0 Å². The van der Waals surface area contributed by atoms with Gasteiger partial charge < -0.3 is 5.73 Å². The van der Waals surface area contributed by atoms with E-state index in [-0.39, 0.29) is 23.7 Å². The van der Waals surface area contributed by atoms with Crippen LogP contribution in [0.5, 0.6) is 0 Å². The molecule has 0 radical (unpaired) electrons. The van der Waals surface area contributed by atoms with E-state index >= 15 is 0 Å². The Labute approximate surface area is 185 Å². The van der Waals surface area contributed by atoms with E-state index in [2.05, 4.69) is 21.4 Å². The zero-order chi connectivity index (χ0) is 23.5. The number of nitrogens with two attached hydrogens (primary N) is 1. The van der Waals surface area contributed by atoms with Gasteiger partial charge in [0.25, 0.3) is 5.56 Å². The molecule has 0 unspecified atom stereocenters. The van der Waals surface area contributed by atoms with Crippen LogP contribution in [-0.2, 0) is 27.0 Å². The molecule has 0 fully saturated rings. The van der Waals surface area contributed by atoms with Crippen molar-refractivity contribution in [3.05, 3.63) is 81.4 Å². The molecule has 32 heavy (non-hydrogen) atoms. The molecule has 0 aliphatic heterocycles. The van der Waals surface area contributed by atoms with Crippen LogP contribution in [0.1, 0.15) is 22.4 Å². The lowest BCUT2D eigenvalue weighted by atomic mass is 10.1. The average Bonchev–Trinajstić information content (AvgIpc) is 2.75. The first-order valence-corrected chi connectivity index (χ1v) is 11.3. The van der Waals surface area contributed by atoms with E-state index in [0.29, 0.717) is 28.1 Å². The van der Waals surface area contributed by atoms with E-state index in [9.17, 15) is 18.0 Å². The number of rotatable bonds is 7. The Morgan fingerprint density at radius 1 is 1.19 bits per heavy atom. The summed E-state index contributed by atoms with van der Waals surface area (Å²) in [5, 5.41) is 0. The molecule has 0 aliphatic carbocycles. The molecule has 9 nitrogen and oxygen atoms in total. The lowest BCUT2D eigenvalue weighted by Gasteiger charge is -2.17. The molecule has 0 bridgehead atoms. The van der Waals surface area contributed by atoms with Gasteiger partial charge in [-0.15, -0.1) is 0 Å². The van der Waals surface area contributed by atoms with E-state index in [1.54, 1.807) is 50.2 Å². The fraction of sp³-hybridized carbons (Fsp3) is 0.182. The summed E-state index contributed by atoms with van der Waals surface area (Å²) in [6.07, 6.45) is 1.34. The predicted molar refractivity (Wildman–Crippen MR) is 125 cm³/mol. The minimum absolute atomic E-state index is 0.0589. The Hall–Kier alpha value is -3.79. The molecule has 2 heterocycles. The van der Waals surface area contributed by atoms with Crippen molar-refractivity contribution in [3.63, 3.8) is 0 Å². The number of sulfonamides is 1. The number of benzene rings is 1. The molecule has 0 saturated carbocycles. The highest BCUT2D eigenvalue weighted by Gasteiger charge is 2.19. The summed E-state index contributed by atoms with van der Waals surface area (Å²) in [4.78, 5) is 32.4. The average molecular weight is 454 g/mol. The third-order valence-electron chi connectivity index (χ3n) is 4.90. The Bertz CT molecular complexity index is 1350. The van der Waals surface area contributed by atoms with Crippen LogP contribution >= 0.6 is 0 Å². The number of aromatic nitrogens is 2. The van der Waals surface area contributed by atoms with Crippen LogP contribution in [-0.4, -0.2) is 30.6 Å². The fourth-order valence-electron chi connectivity index (χ4n) is 3.22. The summed E-state index contributed by atoms with van der Waals surface area (Å²) in [6.45, 7) is 6.57. The standard InChI is InChI=1S/C22H23N5O4S/c1-14-9-10-18(26-32(30,31)13-16-7-5-4-6-8-16)22(29)27(14)21-15(2)20(23)17(12-25-21)11-19(28)24-3/h4-10,12,26H,3,11,13H2,1-2H3,(H2,23,25). The number of carbonyl (C=O) groups is 1. The van der Waals surface area contributed by atoms with Crippen LogP contribution < -0.4 is 16.0 Å². The van der Waals surface area contributed by atoms with Crippen LogP contribution in [0, 0.1) is 13.8 Å². The Morgan fingerprint density at radius 2 is 1.88 bits per heavy atom. The van der Waals surface area contributed by atoms with Crippen LogP contribution in [0.4, 0.5) is 11.4 Å². The molecule has 1 aromatic carbocycles. The van der Waals surface area contributed by atoms with Gasteiger partial charge in [0.05, 0.1) is 12.2 Å². The first-order valence-electron chi connectivity index (χ1n) is 9.64. The zero-order valence-corrected chi connectivity index (χ0v) is 18.5. The van der Waals surface area contributed by atoms with Crippen LogP contribution in [0.2, 0.25) is 0 Å². The number of nitrogens with zero attached hydrogens (tertiary/aromatic N) is 3. The molecule has 10 heteroatoms. The van der Waals surface area contributed by atoms with E-state index in [4.69, 9.17) is 5.73 Å². The van der Waals surface area contributed by atoms with Crippen molar-refractivity contribution < 1.29 is 13.2 Å². The molecule has 3 N–H and O–H groups in total. The number of hydrogen-bond acceptors (Lipinski definition) is 6. The van der Waals surface area contributed by atoms with Crippen molar-refractivity contribution >= 4 is 34.0 Å². The van der Waals surface area contributed by atoms with Gasteiger partial charge in [0.2, 0.25) is 15.9 Å². The summed E-state index contributed by atoms with van der Waals surface area (Å²) in [7, 11) is -3.83. The normalized spacial score (nSPS) is 11.2. The molecule has 0 aliphatic rings. The highest BCUT2D eigenvalue weighted by molar-refractivity contribution is 7.91. The number of nitrogens with one attached hydrogen (secondary N) is 1. The second-order valence-corrected chi connectivity index (χ2v) is 8.97. The van der Waals surface area contributed by atoms with Crippen molar-refractivity contribution in [2.75, 3.05) is 10.5 Å². The number of carbonyl (C=O) groups excluding carboxylic acids is 1. The lowest BCUT2D eigenvalue weighted by molar-refractivity contribution is -0.117. The van der Waals surface area contributed by atoms with Gasteiger partial charge in [-0.2, -0.15) is 0 Å². The molecular formula is C22H23N5O4S. The van der Waals surface area contributed by atoms with Crippen molar-refractivity contribution in [1.29, 1.82) is 0 Å². The molecule has 2 aromatic heterocycles. The molecule has 166 valence electrons. The summed E-state index contributed by atoms with van der Waals surface area (Å²) in [5.41, 5.74) is 7.84. The largest absolute Gasteiger partial charge is 0.398 e. The predicted octanol–water partition coefficient (Wildman–Crippen LogP) is 2.14. The second-order valence-electron chi connectivity index (χ2n) is 7.25. The molecule has 3 aromatic rings. The van der Waals surface area contributed by atoms with Gasteiger partial charge >= 0.3 is 0 Å². The number of anilines is 2. The maximum atomic E-state index is 13.2. The highest BCUT2D eigenvalue weighted by Crippen LogP contribution is 2.23. The molecule has 0 atom stereocenters. The van der Waals surface area contributed by atoms with Crippen LogP contribution in [0.3, 0.4) is 0 Å². The number of aryl methyl sites for hydroxylation is 1. The topological polar surface area (TPSA) is 137 Å². The second kappa shape index (κ2) is 9.15. The monoisotopic (exact) mass is 453 g/mol. The molecule has 0 spiro atoms. The van der Waals surface area contributed by atoms with Crippen LogP contribution in [0.15, 0.2) is 58.4 Å². The molecule has 0 saturated heterocycles. The highest BCUT2D eigenvalue weighted by atomic mass is 32.2. The number of aliphatic imine (C=N–C) groups is 1. The third-order valence-corrected chi connectivity index (χ3v) is 6.14. The molecular weight excluding hydrogens is 430 g/mol. The lowest BCUT2D eigenvalue weighted by Crippen LogP contribution is -2.28. The van der Waals surface area contributed by atoms with E-state index in [1.165, 1.54) is 16.8 Å². The smallest absolute Gasteiger partial charge is 0.280 e. The summed E-state index contributed by atoms with van der Waals surface area (Å²) in [5.74, 6) is -0.475. The molecule has 1 amide bonds. The van der Waals surface area contributed by atoms with Gasteiger partial charge in [-0.05, 0) is 38.3 Å². The number of hydrogen-bond donors (Lipinski definition) is 2. The summed E-state index contributed by atoms with van der Waals surface area (Å²) in [6, 6.07) is 11.7. The van der Waals surface area contributed by atoms with Gasteiger partial charge in [0.15, 0.2) is 0 Å². The van der Waals surface area contributed by atoms with Gasteiger partial charge in [-0.3, -0.25) is 18.9 Å². The first-order chi connectivity index (χ1) is 15.1. The van der Waals surface area contributed by atoms with Crippen molar-refractivity contribution in [1.82, 2.24) is 9.55 Å². The minimum Gasteiger partial charge on any atom is -0.398 e. The Morgan fingerprint density at radius 3 is 2.53 bits per heavy atom. The van der Waals surface area contributed by atoms with Gasteiger partial charge in [-0.25, -0.2) is 18.4 Å². The van der Waals surface area contributed by atoms with E-state index in [0.717, 1.165) is 0 Å². The van der Waals surface area contributed by atoms with Crippen molar-refractivity contribution in [2.45, 2.75) is 26.0 Å². The zero-order valence-electron chi connectivity index (χ0n) is 17.7. The fourth-order valence-corrected chi connectivity index (χ4v) is 4.41. The maximum absolute atomic E-state index is 13.2. The number of nitrogen functional groups attached to an aromatic ring is 1. The summed E-state index contributed by atoms with van der Waals surface area (Å²) >= 11 is 0. The maximum Gasteiger partial charge on any atom is 0.280 e. The van der Waals surface area contributed by atoms with E-state index < -0.39 is 21.5 Å². The minimum atomic E-state index is -3.83. The van der Waals surface area contributed by atoms with Gasteiger partial charge in [0, 0.05) is 28.7 Å². The van der Waals surface area contributed by atoms with Crippen LogP contribution in [0.25, 0.3) is 5.82 Å². The van der Waals surface area contributed by atoms with Gasteiger partial charge in [-0.1, -0.05) is 30.3 Å². The summed E-state index contributed by atoms with van der Waals surface area (Å²) < 4.78 is 28.9. The SMILES string of the molecule is C=NC(=O)Cc1cnc(-n2c(C)ccc(NS(=O)(=O)Cc3ccccc3)c2=O)c(C)c1N. The molecule has 3 rings (SSSR count). The van der Waals surface area contributed by atoms with Crippen molar-refractivity contribution in [3.8, 4) is 5.82 Å². The number of pyridine rings is 2. The number of amides is 1. The third kappa shape index (κ3) is 4.92. The first kappa shape index (κ1) is 22.9. The Balaban J connectivity index is 2.00. The van der Waals surface area contributed by atoms with Gasteiger partial charge in [0.1, 0.15) is 11.5 Å². The van der Waals surface area contributed by atoms with Crippen molar-refractivity contribution in [2.24, 2.45) is 4.99 Å². The quantitative estimate of drug-likeness (QED) is 0.526.